The van der Waals surface area contributed by atoms with Crippen molar-refractivity contribution in [3.8, 4) is 0 Å². The number of carboxylic acids is 1. The van der Waals surface area contributed by atoms with Crippen LogP contribution in [0.5, 0.6) is 0 Å². The summed E-state index contributed by atoms with van der Waals surface area (Å²) >= 11 is 6.22. The van der Waals surface area contributed by atoms with E-state index in [1.165, 1.54) is 11.1 Å². The first-order valence-electron chi connectivity index (χ1n) is 6.75. The van der Waals surface area contributed by atoms with Crippen LogP contribution < -0.4 is 4.90 Å². The first-order valence-corrected chi connectivity index (χ1v) is 7.13. The first kappa shape index (κ1) is 15.6. The lowest BCUT2D eigenvalue weighted by atomic mass is 9.98. The van der Waals surface area contributed by atoms with Gasteiger partial charge in [0.2, 0.25) is 0 Å². The Bertz CT molecular complexity index is 562. The Balaban J connectivity index is 2.21. The summed E-state index contributed by atoms with van der Waals surface area (Å²) in [5.41, 5.74) is 0.417. The van der Waals surface area contributed by atoms with Crippen LogP contribution in [0.25, 0.3) is 0 Å². The quantitative estimate of drug-likeness (QED) is 0.920. The fourth-order valence-corrected chi connectivity index (χ4v) is 2.70. The average Bonchev–Trinajstić information content (AvgIpc) is 2.46. The topological polar surface area (TPSA) is 73.7 Å². The van der Waals surface area contributed by atoms with Crippen LogP contribution in [0.4, 0.5) is 5.82 Å². The Labute approximate surface area is 128 Å². The highest BCUT2D eigenvalue weighted by molar-refractivity contribution is 6.33. The van der Waals surface area contributed by atoms with Crippen LogP contribution in [-0.2, 0) is 4.79 Å². The summed E-state index contributed by atoms with van der Waals surface area (Å²) in [4.78, 5) is 30.5. The Kier molecular flexibility index (Phi) is 4.67. The van der Waals surface area contributed by atoms with Crippen LogP contribution in [0.3, 0.4) is 0 Å². The molecule has 0 spiro atoms. The standard InChI is InChI=1S/C14H18ClN3O3/c1-17(2)13(19)10-6-11(15)12(16-7-10)18-5-3-4-9(8-18)14(20)21/h6-7,9H,3-5,8H2,1-2H3,(H,20,21). The number of carboxylic acid groups (broad SMARTS) is 1. The summed E-state index contributed by atoms with van der Waals surface area (Å²) in [6.07, 6.45) is 2.93. The maximum absolute atomic E-state index is 11.9. The molecule has 0 aromatic carbocycles. The van der Waals surface area contributed by atoms with Gasteiger partial charge in [0.15, 0.2) is 0 Å². The van der Waals surface area contributed by atoms with Gasteiger partial charge in [-0.05, 0) is 18.9 Å². The molecule has 2 rings (SSSR count). The molecule has 2 heterocycles. The summed E-state index contributed by atoms with van der Waals surface area (Å²) in [6, 6.07) is 1.58. The van der Waals surface area contributed by atoms with Gasteiger partial charge in [0.1, 0.15) is 5.82 Å². The SMILES string of the molecule is CN(C)C(=O)c1cnc(N2CCCC(C(=O)O)C2)c(Cl)c1. The van der Waals surface area contributed by atoms with Crippen molar-refractivity contribution in [2.75, 3.05) is 32.1 Å². The summed E-state index contributed by atoms with van der Waals surface area (Å²) < 4.78 is 0. The molecule has 0 radical (unpaired) electrons. The van der Waals surface area contributed by atoms with Crippen molar-refractivity contribution in [2.45, 2.75) is 12.8 Å². The number of anilines is 1. The third-order valence-corrected chi connectivity index (χ3v) is 3.82. The fraction of sp³-hybridized carbons (Fsp3) is 0.500. The zero-order chi connectivity index (χ0) is 15.6. The molecule has 6 nitrogen and oxygen atoms in total. The molecule has 1 aliphatic heterocycles. The van der Waals surface area contributed by atoms with Crippen LogP contribution in [0.15, 0.2) is 12.3 Å². The largest absolute Gasteiger partial charge is 0.481 e. The minimum Gasteiger partial charge on any atom is -0.481 e. The molecule has 21 heavy (non-hydrogen) atoms. The fourth-order valence-electron chi connectivity index (χ4n) is 2.41. The molecule has 1 fully saturated rings. The number of nitrogens with zero attached hydrogens (tertiary/aromatic N) is 3. The number of hydrogen-bond acceptors (Lipinski definition) is 4. The summed E-state index contributed by atoms with van der Waals surface area (Å²) in [5.74, 6) is -0.828. The van der Waals surface area contributed by atoms with E-state index in [1.807, 2.05) is 4.90 Å². The van der Waals surface area contributed by atoms with E-state index in [1.54, 1.807) is 20.2 Å². The smallest absolute Gasteiger partial charge is 0.308 e. The molecule has 1 atom stereocenters. The van der Waals surface area contributed by atoms with Gasteiger partial charge in [-0.3, -0.25) is 9.59 Å². The molecule has 1 N–H and O–H groups in total. The number of carbonyl (C=O) groups excluding carboxylic acids is 1. The molecule has 1 amide bonds. The highest BCUT2D eigenvalue weighted by Crippen LogP contribution is 2.28. The lowest BCUT2D eigenvalue weighted by molar-refractivity contribution is -0.141. The average molecular weight is 312 g/mol. The number of amides is 1. The summed E-state index contributed by atoms with van der Waals surface area (Å²) in [6.45, 7) is 1.11. The second-order valence-electron chi connectivity index (χ2n) is 5.35. The van der Waals surface area contributed by atoms with Gasteiger partial charge in [0.05, 0.1) is 16.5 Å². The van der Waals surface area contributed by atoms with E-state index in [0.717, 1.165) is 13.0 Å². The van der Waals surface area contributed by atoms with Crippen molar-refractivity contribution >= 4 is 29.3 Å². The highest BCUT2D eigenvalue weighted by Gasteiger charge is 2.27. The number of aromatic nitrogens is 1. The van der Waals surface area contributed by atoms with E-state index in [4.69, 9.17) is 16.7 Å². The molecule has 1 saturated heterocycles. The Morgan fingerprint density at radius 1 is 1.48 bits per heavy atom. The van der Waals surface area contributed by atoms with Gasteiger partial charge in [-0.25, -0.2) is 4.98 Å². The van der Waals surface area contributed by atoms with Gasteiger partial charge in [-0.1, -0.05) is 11.6 Å². The van der Waals surface area contributed by atoms with E-state index in [0.29, 0.717) is 29.4 Å². The number of rotatable bonds is 3. The predicted molar refractivity (Wildman–Crippen MR) is 79.8 cm³/mol. The highest BCUT2D eigenvalue weighted by atomic mass is 35.5. The number of halogens is 1. The molecule has 1 unspecified atom stereocenters. The third kappa shape index (κ3) is 3.44. The Morgan fingerprint density at radius 2 is 2.19 bits per heavy atom. The number of aliphatic carboxylic acids is 1. The van der Waals surface area contributed by atoms with Crippen LogP contribution in [-0.4, -0.2) is 54.1 Å². The maximum atomic E-state index is 11.9. The molecule has 1 aromatic heterocycles. The first-order chi connectivity index (χ1) is 9.90. The Morgan fingerprint density at radius 3 is 2.76 bits per heavy atom. The lowest BCUT2D eigenvalue weighted by Crippen LogP contribution is -2.39. The van der Waals surface area contributed by atoms with Crippen molar-refractivity contribution in [3.05, 3.63) is 22.8 Å². The lowest BCUT2D eigenvalue weighted by Gasteiger charge is -2.32. The molecular weight excluding hydrogens is 294 g/mol. The van der Waals surface area contributed by atoms with E-state index in [-0.39, 0.29) is 5.91 Å². The zero-order valence-corrected chi connectivity index (χ0v) is 12.8. The maximum Gasteiger partial charge on any atom is 0.308 e. The van der Waals surface area contributed by atoms with Gasteiger partial charge < -0.3 is 14.9 Å². The van der Waals surface area contributed by atoms with Crippen LogP contribution >= 0.6 is 11.6 Å². The third-order valence-electron chi connectivity index (χ3n) is 3.55. The van der Waals surface area contributed by atoms with Gasteiger partial charge in [0, 0.05) is 33.4 Å². The number of piperidine rings is 1. The molecule has 0 saturated carbocycles. The minimum absolute atomic E-state index is 0.169. The van der Waals surface area contributed by atoms with E-state index in [2.05, 4.69) is 4.98 Å². The van der Waals surface area contributed by atoms with Gasteiger partial charge >= 0.3 is 5.97 Å². The van der Waals surface area contributed by atoms with Crippen LogP contribution in [0, 0.1) is 5.92 Å². The van der Waals surface area contributed by atoms with Gasteiger partial charge in [-0.2, -0.15) is 0 Å². The minimum atomic E-state index is -0.796. The molecule has 1 aromatic rings. The second kappa shape index (κ2) is 6.30. The summed E-state index contributed by atoms with van der Waals surface area (Å²) in [5, 5.41) is 9.49. The molecule has 7 heteroatoms. The molecular formula is C14H18ClN3O3. The predicted octanol–water partition coefficient (Wildman–Crippen LogP) is 1.74. The summed E-state index contributed by atoms with van der Waals surface area (Å²) in [7, 11) is 3.32. The van der Waals surface area contributed by atoms with Crippen molar-refractivity contribution in [1.29, 1.82) is 0 Å². The normalized spacial score (nSPS) is 18.4. The number of hydrogen-bond donors (Lipinski definition) is 1. The second-order valence-corrected chi connectivity index (χ2v) is 5.76. The van der Waals surface area contributed by atoms with E-state index < -0.39 is 11.9 Å². The van der Waals surface area contributed by atoms with E-state index in [9.17, 15) is 9.59 Å². The molecule has 0 aliphatic carbocycles. The number of pyridine rings is 1. The van der Waals surface area contributed by atoms with E-state index >= 15 is 0 Å². The Hall–Kier alpha value is -1.82. The van der Waals surface area contributed by atoms with Crippen LogP contribution in [0.1, 0.15) is 23.2 Å². The zero-order valence-electron chi connectivity index (χ0n) is 12.0. The van der Waals surface area contributed by atoms with Crippen LogP contribution in [0.2, 0.25) is 5.02 Å². The van der Waals surface area contributed by atoms with Crippen molar-refractivity contribution in [2.24, 2.45) is 5.92 Å². The van der Waals surface area contributed by atoms with Gasteiger partial charge in [-0.15, -0.1) is 0 Å². The van der Waals surface area contributed by atoms with Gasteiger partial charge in [0.25, 0.3) is 5.91 Å². The van der Waals surface area contributed by atoms with Crippen molar-refractivity contribution < 1.29 is 14.7 Å². The molecule has 0 bridgehead atoms. The monoisotopic (exact) mass is 311 g/mol. The van der Waals surface area contributed by atoms with Crippen molar-refractivity contribution in [1.82, 2.24) is 9.88 Å². The molecule has 1 aliphatic rings. The molecule has 114 valence electrons. The van der Waals surface area contributed by atoms with Crippen molar-refractivity contribution in [3.63, 3.8) is 0 Å². The number of carbonyl (C=O) groups is 2.